The number of nitrogens with one attached hydrogen (secondary N) is 1. The molecular weight excluding hydrogens is 299 g/mol. The molecule has 0 atom stereocenters. The smallest absolute Gasteiger partial charge is 0.276 e. The molecule has 0 heterocycles. The van der Waals surface area contributed by atoms with E-state index in [1.165, 1.54) is 7.11 Å². The van der Waals surface area contributed by atoms with Gasteiger partial charge in [-0.05, 0) is 0 Å². The Kier molecular flexibility index (Phi) is 5.97. The van der Waals surface area contributed by atoms with E-state index in [2.05, 4.69) is 5.48 Å². The fourth-order valence-corrected chi connectivity index (χ4v) is 1.55. The second-order valence-corrected chi connectivity index (χ2v) is 4.10. The highest BCUT2D eigenvalue weighted by Crippen LogP contribution is 2.30. The average Bonchev–Trinajstić information content (AvgIpc) is 2.37. The number of methoxy groups -OCH3 is 1. The van der Waals surface area contributed by atoms with Crippen LogP contribution in [0.1, 0.15) is 10.4 Å². The Bertz CT molecular complexity index is 495. The summed E-state index contributed by atoms with van der Waals surface area (Å²) < 4.78 is 4.71. The maximum atomic E-state index is 11.7. The number of nitrogens with zero attached hydrogens (tertiary/aromatic N) is 1. The van der Waals surface area contributed by atoms with E-state index in [9.17, 15) is 14.9 Å². The van der Waals surface area contributed by atoms with E-state index in [4.69, 9.17) is 32.8 Å². The summed E-state index contributed by atoms with van der Waals surface area (Å²) >= 11 is 11.5. The average molecular weight is 309 g/mol. The van der Waals surface area contributed by atoms with Crippen LogP contribution in [-0.2, 0) is 9.57 Å². The van der Waals surface area contributed by atoms with E-state index in [1.807, 2.05) is 0 Å². The van der Waals surface area contributed by atoms with Crippen molar-refractivity contribution in [3.05, 3.63) is 37.9 Å². The lowest BCUT2D eigenvalue weighted by Crippen LogP contribution is -2.25. The van der Waals surface area contributed by atoms with Gasteiger partial charge in [-0.15, -0.1) is 0 Å². The summed E-state index contributed by atoms with van der Waals surface area (Å²) in [6.45, 7) is 0.409. The summed E-state index contributed by atoms with van der Waals surface area (Å²) in [4.78, 5) is 26.5. The summed E-state index contributed by atoms with van der Waals surface area (Å²) in [6, 6.07) is 2.08. The van der Waals surface area contributed by atoms with Crippen LogP contribution in [0.5, 0.6) is 0 Å². The van der Waals surface area contributed by atoms with E-state index < -0.39 is 10.8 Å². The number of non-ortho nitro benzene ring substituents is 1. The van der Waals surface area contributed by atoms with Crippen LogP contribution in [0.4, 0.5) is 5.69 Å². The second kappa shape index (κ2) is 7.25. The van der Waals surface area contributed by atoms with Gasteiger partial charge in [0.05, 0.1) is 33.7 Å². The van der Waals surface area contributed by atoms with E-state index >= 15 is 0 Å². The van der Waals surface area contributed by atoms with Gasteiger partial charge >= 0.3 is 0 Å². The van der Waals surface area contributed by atoms with E-state index in [0.717, 1.165) is 12.1 Å². The van der Waals surface area contributed by atoms with E-state index in [-0.39, 0.29) is 34.5 Å². The fraction of sp³-hybridized carbons (Fsp3) is 0.300. The molecule has 1 N–H and O–H groups in total. The lowest BCUT2D eigenvalue weighted by Gasteiger charge is -2.07. The first-order valence-corrected chi connectivity index (χ1v) is 5.77. The molecule has 104 valence electrons. The zero-order chi connectivity index (χ0) is 14.4. The van der Waals surface area contributed by atoms with E-state index in [1.54, 1.807) is 0 Å². The Morgan fingerprint density at radius 1 is 1.42 bits per heavy atom. The number of carbonyl (C=O) groups excluding carboxylic acids is 1. The number of nitro groups is 1. The molecule has 9 heteroatoms. The number of benzene rings is 1. The Morgan fingerprint density at radius 2 is 2.11 bits per heavy atom. The van der Waals surface area contributed by atoms with Crippen LogP contribution < -0.4 is 5.48 Å². The summed E-state index contributed by atoms with van der Waals surface area (Å²) in [6.07, 6.45) is 0. The maximum absolute atomic E-state index is 11.7. The molecule has 0 aromatic heterocycles. The lowest BCUT2D eigenvalue weighted by atomic mass is 10.2. The van der Waals surface area contributed by atoms with Gasteiger partial charge in [0.15, 0.2) is 0 Å². The van der Waals surface area contributed by atoms with Crippen molar-refractivity contribution in [3.8, 4) is 0 Å². The third-order valence-electron chi connectivity index (χ3n) is 2.02. The topological polar surface area (TPSA) is 90.7 Å². The van der Waals surface area contributed by atoms with Gasteiger partial charge in [-0.25, -0.2) is 5.48 Å². The van der Waals surface area contributed by atoms with Crippen LogP contribution in [0.25, 0.3) is 0 Å². The molecule has 1 aromatic carbocycles. The van der Waals surface area contributed by atoms with Crippen molar-refractivity contribution in [2.24, 2.45) is 0 Å². The van der Waals surface area contributed by atoms with Crippen molar-refractivity contribution >= 4 is 34.8 Å². The molecule has 0 unspecified atom stereocenters. The van der Waals surface area contributed by atoms with Crippen molar-refractivity contribution in [1.82, 2.24) is 5.48 Å². The van der Waals surface area contributed by atoms with E-state index in [0.29, 0.717) is 0 Å². The van der Waals surface area contributed by atoms with Gasteiger partial charge in [-0.2, -0.15) is 0 Å². The van der Waals surface area contributed by atoms with Gasteiger partial charge < -0.3 is 4.74 Å². The molecule has 1 rings (SSSR count). The van der Waals surface area contributed by atoms with Crippen LogP contribution in [-0.4, -0.2) is 31.2 Å². The van der Waals surface area contributed by atoms with Crippen molar-refractivity contribution in [1.29, 1.82) is 0 Å². The van der Waals surface area contributed by atoms with Crippen LogP contribution in [0.15, 0.2) is 12.1 Å². The number of rotatable bonds is 6. The molecule has 1 amide bonds. The molecule has 0 spiro atoms. The zero-order valence-electron chi connectivity index (χ0n) is 9.81. The SMILES string of the molecule is COCCONC(=O)c1cc([N+](=O)[O-])cc(Cl)c1Cl. The van der Waals surface area contributed by atoms with Crippen molar-refractivity contribution in [2.45, 2.75) is 0 Å². The quantitative estimate of drug-likeness (QED) is 0.494. The summed E-state index contributed by atoms with van der Waals surface area (Å²) in [5, 5.41) is 10.5. The minimum absolute atomic E-state index is 0.0832. The van der Waals surface area contributed by atoms with Gasteiger partial charge in [0.25, 0.3) is 11.6 Å². The lowest BCUT2D eigenvalue weighted by molar-refractivity contribution is -0.384. The number of hydrogen-bond acceptors (Lipinski definition) is 5. The Morgan fingerprint density at radius 3 is 2.68 bits per heavy atom. The minimum Gasteiger partial charge on any atom is -0.382 e. The van der Waals surface area contributed by atoms with Crippen LogP contribution >= 0.6 is 23.2 Å². The number of ether oxygens (including phenoxy) is 1. The van der Waals surface area contributed by atoms with Gasteiger partial charge in [0.1, 0.15) is 0 Å². The number of hydrogen-bond donors (Lipinski definition) is 1. The second-order valence-electron chi connectivity index (χ2n) is 3.32. The Balaban J connectivity index is 2.86. The van der Waals surface area contributed by atoms with Crippen molar-refractivity contribution < 1.29 is 19.3 Å². The number of nitro benzene ring substituents is 1. The first-order chi connectivity index (χ1) is 8.97. The summed E-state index contributed by atoms with van der Waals surface area (Å²) in [5.41, 5.74) is 1.61. The highest BCUT2D eigenvalue weighted by Gasteiger charge is 2.19. The first kappa shape index (κ1) is 15.6. The van der Waals surface area contributed by atoms with Crippen molar-refractivity contribution in [3.63, 3.8) is 0 Å². The predicted molar refractivity (Wildman–Crippen MR) is 68.4 cm³/mol. The molecule has 0 aliphatic carbocycles. The molecule has 1 aromatic rings. The van der Waals surface area contributed by atoms with Gasteiger partial charge in [0.2, 0.25) is 0 Å². The monoisotopic (exact) mass is 308 g/mol. The number of halogens is 2. The number of amides is 1. The van der Waals surface area contributed by atoms with Crippen LogP contribution in [0.2, 0.25) is 10.0 Å². The molecule has 0 saturated heterocycles. The third-order valence-corrected chi connectivity index (χ3v) is 2.82. The molecule has 0 fully saturated rings. The molecule has 0 aliphatic heterocycles. The summed E-state index contributed by atoms with van der Waals surface area (Å²) in [5.74, 6) is -0.730. The molecule has 0 bridgehead atoms. The number of hydroxylamine groups is 1. The summed E-state index contributed by atoms with van der Waals surface area (Å²) in [7, 11) is 1.47. The van der Waals surface area contributed by atoms with Gasteiger partial charge in [-0.1, -0.05) is 23.2 Å². The van der Waals surface area contributed by atoms with Gasteiger partial charge in [-0.3, -0.25) is 19.7 Å². The molecule has 0 radical (unpaired) electrons. The molecule has 0 saturated carbocycles. The minimum atomic E-state index is -0.730. The van der Waals surface area contributed by atoms with Gasteiger partial charge in [0, 0.05) is 19.2 Å². The zero-order valence-corrected chi connectivity index (χ0v) is 11.3. The van der Waals surface area contributed by atoms with Crippen LogP contribution in [0.3, 0.4) is 0 Å². The largest absolute Gasteiger partial charge is 0.382 e. The fourth-order valence-electron chi connectivity index (χ4n) is 1.14. The predicted octanol–water partition coefficient (Wildman–Crippen LogP) is 2.21. The third kappa shape index (κ3) is 4.32. The highest BCUT2D eigenvalue weighted by atomic mass is 35.5. The first-order valence-electron chi connectivity index (χ1n) is 5.02. The molecule has 0 aliphatic rings. The van der Waals surface area contributed by atoms with Crippen LogP contribution in [0, 0.1) is 10.1 Å². The molecular formula is C10H10Cl2N2O5. The number of carbonyl (C=O) groups is 1. The Hall–Kier alpha value is -1.41. The maximum Gasteiger partial charge on any atom is 0.276 e. The molecule has 7 nitrogen and oxygen atoms in total. The standard InChI is InChI=1S/C10H10Cl2N2O5/c1-18-2-3-19-13-10(15)7-4-6(14(16)17)5-8(11)9(7)12/h4-5H,2-3H2,1H3,(H,13,15). The highest BCUT2D eigenvalue weighted by molar-refractivity contribution is 6.44. The normalized spacial score (nSPS) is 10.3. The van der Waals surface area contributed by atoms with Crippen molar-refractivity contribution in [2.75, 3.05) is 20.3 Å². The molecule has 19 heavy (non-hydrogen) atoms. The Labute approximate surface area is 118 Å².